The molecule has 3 atom stereocenters. The van der Waals surface area contributed by atoms with Crippen LogP contribution in [0.1, 0.15) is 42.9 Å². The summed E-state index contributed by atoms with van der Waals surface area (Å²) in [6.07, 6.45) is 5.69. The highest BCUT2D eigenvalue weighted by Gasteiger charge is 2.39. The molecule has 1 aliphatic carbocycles. The van der Waals surface area contributed by atoms with Crippen LogP contribution in [0, 0.1) is 16.0 Å². The molecule has 0 amide bonds. The molecule has 3 unspecified atom stereocenters. The van der Waals surface area contributed by atoms with E-state index in [-0.39, 0.29) is 33.5 Å². The average molecular weight is 448 g/mol. The van der Waals surface area contributed by atoms with E-state index >= 15 is 0 Å². The molecule has 158 valence electrons. The van der Waals surface area contributed by atoms with Crippen LogP contribution >= 0.6 is 11.6 Å². The lowest BCUT2D eigenvalue weighted by atomic mass is 9.77. The topological polar surface area (TPSA) is 101 Å². The molecule has 30 heavy (non-hydrogen) atoms. The smallest absolute Gasteiger partial charge is 0.288 e. The van der Waals surface area contributed by atoms with Gasteiger partial charge in [0.15, 0.2) is 0 Å². The van der Waals surface area contributed by atoms with Crippen molar-refractivity contribution >= 4 is 33.0 Å². The average Bonchev–Trinajstić information content (AvgIpc) is 3.22. The van der Waals surface area contributed by atoms with Gasteiger partial charge in [-0.3, -0.25) is 10.1 Å². The van der Waals surface area contributed by atoms with Gasteiger partial charge in [0.25, 0.3) is 5.69 Å². The second-order valence-electron chi connectivity index (χ2n) is 7.59. The lowest BCUT2D eigenvalue weighted by Gasteiger charge is -2.37. The van der Waals surface area contributed by atoms with Gasteiger partial charge in [-0.1, -0.05) is 36.7 Å². The van der Waals surface area contributed by atoms with Crippen molar-refractivity contribution in [3.05, 3.63) is 74.8 Å². The Labute approximate surface area is 180 Å². The van der Waals surface area contributed by atoms with Crippen molar-refractivity contribution in [3.8, 4) is 0 Å². The second kappa shape index (κ2) is 8.02. The summed E-state index contributed by atoms with van der Waals surface area (Å²) in [5.74, 6) is 0.155. The summed E-state index contributed by atoms with van der Waals surface area (Å²) in [5.41, 5.74) is 2.43. The molecular formula is C21H22ClN3O4S. The molecule has 0 aromatic heterocycles. The van der Waals surface area contributed by atoms with Crippen LogP contribution in [-0.4, -0.2) is 19.9 Å². The second-order valence-corrected chi connectivity index (χ2v) is 9.76. The molecule has 2 N–H and O–H groups in total. The Balaban J connectivity index is 1.72. The molecule has 2 aromatic rings. The number of rotatable bonds is 6. The third-order valence-electron chi connectivity index (χ3n) is 5.71. The summed E-state index contributed by atoms with van der Waals surface area (Å²) in [4.78, 5) is 11.1. The number of hydrogen-bond acceptors (Lipinski definition) is 5. The zero-order valence-electron chi connectivity index (χ0n) is 16.3. The number of hydrogen-bond donors (Lipinski definition) is 2. The third kappa shape index (κ3) is 3.71. The minimum atomic E-state index is -3.56. The van der Waals surface area contributed by atoms with E-state index in [1.54, 1.807) is 30.3 Å². The van der Waals surface area contributed by atoms with Crippen molar-refractivity contribution in [2.75, 3.05) is 11.9 Å². The van der Waals surface area contributed by atoms with E-state index in [2.05, 4.69) is 22.2 Å². The first-order valence-electron chi connectivity index (χ1n) is 9.82. The minimum absolute atomic E-state index is 0.0299. The fourth-order valence-corrected chi connectivity index (χ4v) is 5.61. The number of nitrogens with one attached hydrogen (secondary N) is 2. The maximum absolute atomic E-state index is 12.6. The quantitative estimate of drug-likeness (QED) is 0.377. The Morgan fingerprint density at radius 1 is 1.27 bits per heavy atom. The van der Waals surface area contributed by atoms with Gasteiger partial charge in [-0.05, 0) is 54.2 Å². The number of nitro benzene ring substituents is 1. The molecule has 0 spiro atoms. The van der Waals surface area contributed by atoms with Crippen molar-refractivity contribution in [2.24, 2.45) is 5.92 Å². The molecule has 0 bridgehead atoms. The molecular weight excluding hydrogens is 426 g/mol. The van der Waals surface area contributed by atoms with Crippen molar-refractivity contribution in [3.63, 3.8) is 0 Å². The SMILES string of the molecule is CCCNS(=O)(=O)c1ccc2c(c1)C1C=CCC1C(c1ccc(Cl)c([N+](=O)[O-])c1)N2. The first-order valence-corrected chi connectivity index (χ1v) is 11.7. The van der Waals surface area contributed by atoms with Gasteiger partial charge in [-0.2, -0.15) is 0 Å². The minimum Gasteiger partial charge on any atom is -0.378 e. The van der Waals surface area contributed by atoms with Gasteiger partial charge >= 0.3 is 0 Å². The summed E-state index contributed by atoms with van der Waals surface area (Å²) >= 11 is 5.98. The van der Waals surface area contributed by atoms with Gasteiger partial charge in [-0.15, -0.1) is 0 Å². The van der Waals surface area contributed by atoms with Gasteiger partial charge in [0.1, 0.15) is 5.02 Å². The number of benzene rings is 2. The van der Waals surface area contributed by atoms with E-state index in [0.717, 1.165) is 23.2 Å². The number of fused-ring (bicyclic) bond motifs is 3. The number of allylic oxidation sites excluding steroid dienone is 2. The van der Waals surface area contributed by atoms with Crippen molar-refractivity contribution < 1.29 is 13.3 Å². The molecule has 0 fully saturated rings. The standard InChI is InChI=1S/C21H22ClN3O4S/c1-2-10-23-30(28,29)14-7-9-19-17(12-14)15-4-3-5-16(15)21(24-19)13-6-8-18(22)20(11-13)25(26)27/h3-4,6-9,11-12,15-16,21,23-24H,2,5,10H2,1H3. The van der Waals surface area contributed by atoms with Gasteiger partial charge in [0.2, 0.25) is 10.0 Å². The Bertz CT molecular complexity index is 1130. The van der Waals surface area contributed by atoms with Gasteiger partial charge in [0, 0.05) is 24.2 Å². The first kappa shape index (κ1) is 20.8. The highest BCUT2D eigenvalue weighted by atomic mass is 35.5. The van der Waals surface area contributed by atoms with Gasteiger partial charge in [-0.25, -0.2) is 13.1 Å². The van der Waals surface area contributed by atoms with Crippen molar-refractivity contribution in [1.82, 2.24) is 4.72 Å². The molecule has 1 heterocycles. The van der Waals surface area contributed by atoms with Gasteiger partial charge < -0.3 is 5.32 Å². The first-order chi connectivity index (χ1) is 14.3. The summed E-state index contributed by atoms with van der Waals surface area (Å²) < 4.78 is 27.7. The van der Waals surface area contributed by atoms with Crippen LogP contribution in [0.2, 0.25) is 5.02 Å². The van der Waals surface area contributed by atoms with Crippen LogP contribution in [0.15, 0.2) is 53.4 Å². The Morgan fingerprint density at radius 3 is 2.80 bits per heavy atom. The van der Waals surface area contributed by atoms with Gasteiger partial charge in [0.05, 0.1) is 15.9 Å². The van der Waals surface area contributed by atoms with Crippen LogP contribution in [0.4, 0.5) is 11.4 Å². The van der Waals surface area contributed by atoms with Crippen molar-refractivity contribution in [1.29, 1.82) is 0 Å². The van der Waals surface area contributed by atoms with Crippen LogP contribution in [0.3, 0.4) is 0 Å². The summed E-state index contributed by atoms with van der Waals surface area (Å²) in [5, 5.41) is 14.9. The zero-order valence-corrected chi connectivity index (χ0v) is 17.9. The predicted octanol–water partition coefficient (Wildman–Crippen LogP) is 4.76. The molecule has 9 heteroatoms. The largest absolute Gasteiger partial charge is 0.378 e. The highest BCUT2D eigenvalue weighted by molar-refractivity contribution is 7.89. The zero-order chi connectivity index (χ0) is 21.5. The molecule has 0 saturated carbocycles. The number of halogens is 1. The highest BCUT2D eigenvalue weighted by Crippen LogP contribution is 2.50. The van der Waals surface area contributed by atoms with Crippen LogP contribution in [0.5, 0.6) is 0 Å². The van der Waals surface area contributed by atoms with E-state index in [0.29, 0.717) is 13.0 Å². The number of nitro groups is 1. The molecule has 0 radical (unpaired) electrons. The lowest BCUT2D eigenvalue weighted by molar-refractivity contribution is -0.384. The molecule has 1 aliphatic heterocycles. The summed E-state index contributed by atoms with van der Waals surface area (Å²) in [6.45, 7) is 2.30. The fraction of sp³-hybridized carbons (Fsp3) is 0.333. The summed E-state index contributed by atoms with van der Waals surface area (Å²) in [6, 6.07) is 9.83. The Morgan fingerprint density at radius 2 is 2.07 bits per heavy atom. The maximum atomic E-state index is 12.6. The van der Waals surface area contributed by atoms with Crippen molar-refractivity contribution in [2.45, 2.75) is 36.6 Å². The lowest BCUT2D eigenvalue weighted by Crippen LogP contribution is -2.30. The number of anilines is 1. The normalized spacial score (nSPS) is 22.3. The monoisotopic (exact) mass is 447 g/mol. The van der Waals surface area contributed by atoms with E-state index in [4.69, 9.17) is 11.6 Å². The third-order valence-corrected chi connectivity index (χ3v) is 7.49. The number of nitrogens with zero attached hydrogens (tertiary/aromatic N) is 1. The summed E-state index contributed by atoms with van der Waals surface area (Å²) in [7, 11) is -3.56. The van der Waals surface area contributed by atoms with E-state index in [9.17, 15) is 18.5 Å². The Hall–Kier alpha value is -2.42. The fourth-order valence-electron chi connectivity index (χ4n) is 4.25. The van der Waals surface area contributed by atoms with Crippen LogP contribution in [-0.2, 0) is 10.0 Å². The number of sulfonamides is 1. The van der Waals surface area contributed by atoms with Crippen LogP contribution in [0.25, 0.3) is 0 Å². The molecule has 4 rings (SSSR count). The van der Waals surface area contributed by atoms with E-state index in [1.807, 2.05) is 6.92 Å². The predicted molar refractivity (Wildman–Crippen MR) is 116 cm³/mol. The maximum Gasteiger partial charge on any atom is 0.288 e. The van der Waals surface area contributed by atoms with E-state index < -0.39 is 14.9 Å². The van der Waals surface area contributed by atoms with Crippen LogP contribution < -0.4 is 10.0 Å². The molecule has 0 saturated heterocycles. The van der Waals surface area contributed by atoms with E-state index in [1.165, 1.54) is 6.07 Å². The molecule has 2 aromatic carbocycles. The molecule has 2 aliphatic rings. The molecule has 7 nitrogen and oxygen atoms in total. The Kier molecular flexibility index (Phi) is 5.57.